The van der Waals surface area contributed by atoms with Crippen LogP contribution in [0.3, 0.4) is 0 Å². The number of hydrogen-bond donors (Lipinski definition) is 3. The van der Waals surface area contributed by atoms with Crippen LogP contribution in [0.4, 0.5) is 17.3 Å². The van der Waals surface area contributed by atoms with Crippen LogP contribution in [0.25, 0.3) is 11.2 Å². The summed E-state index contributed by atoms with van der Waals surface area (Å²) in [6, 6.07) is 7.13. The number of nitrogens with one attached hydrogen (secondary N) is 2. The predicted molar refractivity (Wildman–Crippen MR) is 112 cm³/mol. The highest BCUT2D eigenvalue weighted by Gasteiger charge is 2.14. The minimum absolute atomic E-state index is 0.291. The van der Waals surface area contributed by atoms with Crippen molar-refractivity contribution >= 4 is 34.4 Å². The lowest BCUT2D eigenvalue weighted by Gasteiger charge is -2.15. The number of nitrogens with two attached hydrogens (primary N) is 1. The molecule has 0 saturated carbocycles. The molecule has 3 aromatic rings. The van der Waals surface area contributed by atoms with E-state index in [0.717, 1.165) is 0 Å². The van der Waals surface area contributed by atoms with Gasteiger partial charge >= 0.3 is 0 Å². The highest BCUT2D eigenvalue weighted by atomic mass is 16.5. The Bertz CT molecular complexity index is 1010. The van der Waals surface area contributed by atoms with Crippen molar-refractivity contribution in [3.05, 3.63) is 30.5 Å². The van der Waals surface area contributed by atoms with Crippen LogP contribution in [0.15, 0.2) is 35.5 Å². The van der Waals surface area contributed by atoms with Gasteiger partial charge in [-0.1, -0.05) is 0 Å². The molecule has 0 atom stereocenters. The highest BCUT2D eigenvalue weighted by molar-refractivity contribution is 5.92. The number of guanidine groups is 1. The fourth-order valence-electron chi connectivity index (χ4n) is 2.67. The number of hydrogen-bond acceptors (Lipinski definition) is 8. The second kappa shape index (κ2) is 8.91. The fourth-order valence-corrected chi connectivity index (χ4v) is 2.67. The molecule has 0 aliphatic heterocycles. The molecule has 10 heteroatoms. The molecular formula is C19H23N7O3. The maximum atomic E-state index is 5.79. The molecule has 0 radical (unpaired) electrons. The lowest BCUT2D eigenvalue weighted by atomic mass is 10.2. The molecule has 0 bridgehead atoms. The van der Waals surface area contributed by atoms with E-state index in [1.165, 1.54) is 0 Å². The van der Waals surface area contributed by atoms with Crippen LogP contribution in [-0.4, -0.2) is 48.8 Å². The standard InChI is InChI=1S/C19H23N7O3/c1-5-21-19(20)26-15-7-6-12-18(24-15)25-16(10-22-12)23-11-8-13(27-2)17(29-4)14(9-11)28-3/h6-10H,5H2,1-4H3,(H4,20,21,23,24,25,26). The van der Waals surface area contributed by atoms with Gasteiger partial charge < -0.3 is 30.6 Å². The van der Waals surface area contributed by atoms with Crippen LogP contribution in [0.1, 0.15) is 6.92 Å². The quantitative estimate of drug-likeness (QED) is 0.407. The summed E-state index contributed by atoms with van der Waals surface area (Å²) in [6.45, 7) is 2.48. The summed E-state index contributed by atoms with van der Waals surface area (Å²) in [4.78, 5) is 17.4. The Labute approximate surface area is 168 Å². The third kappa shape index (κ3) is 4.54. The van der Waals surface area contributed by atoms with E-state index in [4.69, 9.17) is 19.9 Å². The van der Waals surface area contributed by atoms with Crippen molar-refractivity contribution in [2.45, 2.75) is 6.92 Å². The van der Waals surface area contributed by atoms with E-state index >= 15 is 0 Å². The van der Waals surface area contributed by atoms with Crippen LogP contribution in [0, 0.1) is 0 Å². The van der Waals surface area contributed by atoms with E-state index in [0.29, 0.717) is 58.2 Å². The van der Waals surface area contributed by atoms with Crippen molar-refractivity contribution < 1.29 is 14.2 Å². The molecule has 0 aliphatic rings. The molecule has 0 saturated heterocycles. The highest BCUT2D eigenvalue weighted by Crippen LogP contribution is 2.40. The molecule has 1 aromatic carbocycles. The molecule has 10 nitrogen and oxygen atoms in total. The summed E-state index contributed by atoms with van der Waals surface area (Å²) >= 11 is 0. The normalized spacial score (nSPS) is 11.2. The minimum atomic E-state index is 0.291. The van der Waals surface area contributed by atoms with Crippen LogP contribution in [0.5, 0.6) is 17.2 Å². The van der Waals surface area contributed by atoms with Gasteiger partial charge in [0.25, 0.3) is 0 Å². The van der Waals surface area contributed by atoms with Crippen LogP contribution >= 0.6 is 0 Å². The lowest BCUT2D eigenvalue weighted by molar-refractivity contribution is 0.324. The largest absolute Gasteiger partial charge is 0.493 e. The molecule has 0 amide bonds. The summed E-state index contributed by atoms with van der Waals surface area (Å²) in [7, 11) is 4.67. The number of benzene rings is 1. The van der Waals surface area contributed by atoms with Gasteiger partial charge in [0, 0.05) is 24.4 Å². The van der Waals surface area contributed by atoms with Crippen molar-refractivity contribution in [3.8, 4) is 17.2 Å². The molecule has 4 N–H and O–H groups in total. The summed E-state index contributed by atoms with van der Waals surface area (Å²) < 4.78 is 16.1. The summed E-state index contributed by atoms with van der Waals surface area (Å²) in [5, 5.41) is 6.11. The van der Waals surface area contributed by atoms with Gasteiger partial charge in [0.05, 0.1) is 27.5 Å². The van der Waals surface area contributed by atoms with E-state index in [1.54, 1.807) is 51.8 Å². The second-order valence-electron chi connectivity index (χ2n) is 5.82. The summed E-state index contributed by atoms with van der Waals surface area (Å²) in [5.41, 5.74) is 7.59. The van der Waals surface area contributed by atoms with Crippen molar-refractivity contribution in [2.75, 3.05) is 38.5 Å². The first-order valence-corrected chi connectivity index (χ1v) is 8.85. The molecule has 0 aliphatic carbocycles. The fraction of sp³-hybridized carbons (Fsp3) is 0.263. The minimum Gasteiger partial charge on any atom is -0.493 e. The van der Waals surface area contributed by atoms with Gasteiger partial charge in [0.1, 0.15) is 11.3 Å². The Morgan fingerprint density at radius 2 is 1.72 bits per heavy atom. The average molecular weight is 397 g/mol. The van der Waals surface area contributed by atoms with Crippen LogP contribution in [0.2, 0.25) is 0 Å². The maximum Gasteiger partial charge on any atom is 0.203 e. The average Bonchev–Trinajstić information content (AvgIpc) is 2.72. The summed E-state index contributed by atoms with van der Waals surface area (Å²) in [5.74, 6) is 2.89. The van der Waals surface area contributed by atoms with Crippen molar-refractivity contribution in [2.24, 2.45) is 10.7 Å². The van der Waals surface area contributed by atoms with Crippen LogP contribution in [-0.2, 0) is 0 Å². The van der Waals surface area contributed by atoms with E-state index in [9.17, 15) is 0 Å². The Morgan fingerprint density at radius 3 is 2.34 bits per heavy atom. The number of pyridine rings is 1. The van der Waals surface area contributed by atoms with Crippen molar-refractivity contribution in [3.63, 3.8) is 0 Å². The lowest BCUT2D eigenvalue weighted by Crippen LogP contribution is -2.23. The van der Waals surface area contributed by atoms with Crippen molar-refractivity contribution in [1.29, 1.82) is 0 Å². The zero-order valence-electron chi connectivity index (χ0n) is 16.7. The van der Waals surface area contributed by atoms with Gasteiger partial charge in [0.15, 0.2) is 28.9 Å². The third-order valence-corrected chi connectivity index (χ3v) is 3.93. The number of anilines is 3. The molecule has 2 aromatic heterocycles. The number of methoxy groups -OCH3 is 3. The second-order valence-corrected chi connectivity index (χ2v) is 5.82. The number of ether oxygens (including phenoxy) is 3. The SMILES string of the molecule is CCN=C(N)Nc1ccc2ncc(Nc3cc(OC)c(OC)c(OC)c3)nc2n1. The third-order valence-electron chi connectivity index (χ3n) is 3.93. The molecular weight excluding hydrogens is 374 g/mol. The van der Waals surface area contributed by atoms with Gasteiger partial charge in [-0.15, -0.1) is 0 Å². The molecule has 2 heterocycles. The molecule has 0 fully saturated rings. The molecule has 3 rings (SSSR count). The number of rotatable bonds is 7. The van der Waals surface area contributed by atoms with E-state index in [2.05, 4.69) is 30.6 Å². The topological polar surface area (TPSA) is 129 Å². The Morgan fingerprint density at radius 1 is 1.03 bits per heavy atom. The van der Waals surface area contributed by atoms with Crippen LogP contribution < -0.4 is 30.6 Å². The number of nitrogens with zero attached hydrogens (tertiary/aromatic N) is 4. The Hall–Kier alpha value is -3.82. The van der Waals surface area contributed by atoms with Gasteiger partial charge in [-0.2, -0.15) is 0 Å². The van der Waals surface area contributed by atoms with Crippen molar-refractivity contribution in [1.82, 2.24) is 15.0 Å². The zero-order valence-corrected chi connectivity index (χ0v) is 16.7. The Balaban J connectivity index is 1.91. The number of fused-ring (bicyclic) bond motifs is 1. The number of aromatic nitrogens is 3. The van der Waals surface area contributed by atoms with Gasteiger partial charge in [-0.25, -0.2) is 15.0 Å². The molecule has 29 heavy (non-hydrogen) atoms. The number of aliphatic imine (C=N–C) groups is 1. The van der Waals surface area contributed by atoms with E-state index < -0.39 is 0 Å². The molecule has 152 valence electrons. The first-order chi connectivity index (χ1) is 14.1. The summed E-state index contributed by atoms with van der Waals surface area (Å²) in [6.07, 6.45) is 1.62. The first kappa shape index (κ1) is 19.9. The van der Waals surface area contributed by atoms with E-state index in [1.807, 2.05) is 6.92 Å². The maximum absolute atomic E-state index is 5.79. The molecule has 0 unspecified atom stereocenters. The molecule has 0 spiro atoms. The Kier molecular flexibility index (Phi) is 6.12. The predicted octanol–water partition coefficient (Wildman–Crippen LogP) is 2.54. The van der Waals surface area contributed by atoms with Gasteiger partial charge in [-0.3, -0.25) is 4.99 Å². The monoisotopic (exact) mass is 397 g/mol. The van der Waals surface area contributed by atoms with Gasteiger partial charge in [0.2, 0.25) is 5.75 Å². The first-order valence-electron chi connectivity index (χ1n) is 8.85. The zero-order chi connectivity index (χ0) is 20.8. The van der Waals surface area contributed by atoms with E-state index in [-0.39, 0.29) is 0 Å². The van der Waals surface area contributed by atoms with Gasteiger partial charge in [-0.05, 0) is 19.1 Å². The smallest absolute Gasteiger partial charge is 0.203 e.